The molecule has 0 radical (unpaired) electrons. The number of piperidine rings is 1. The zero-order chi connectivity index (χ0) is 13.7. The van der Waals surface area contributed by atoms with Crippen LogP contribution in [0, 0.1) is 5.92 Å². The molecule has 0 bridgehead atoms. The van der Waals surface area contributed by atoms with Crippen LogP contribution < -0.4 is 0 Å². The fraction of sp³-hybridized carbons (Fsp3) is 0.500. The number of aliphatic imine (C=N–C) groups is 1. The molecule has 1 saturated heterocycles. The third-order valence-electron chi connectivity index (χ3n) is 4.84. The van der Waals surface area contributed by atoms with E-state index in [4.69, 9.17) is 11.6 Å². The summed E-state index contributed by atoms with van der Waals surface area (Å²) < 4.78 is 0. The van der Waals surface area contributed by atoms with E-state index in [1.54, 1.807) is 0 Å². The van der Waals surface area contributed by atoms with E-state index in [2.05, 4.69) is 16.0 Å². The molecule has 1 amide bonds. The van der Waals surface area contributed by atoms with Crippen LogP contribution in [-0.4, -0.2) is 29.6 Å². The molecule has 4 rings (SSSR count). The number of amides is 1. The summed E-state index contributed by atoms with van der Waals surface area (Å²) in [5.74, 6) is 0.339. The summed E-state index contributed by atoms with van der Waals surface area (Å²) in [7, 11) is 0. The second-order valence-electron chi connectivity index (χ2n) is 5.88. The Kier molecular flexibility index (Phi) is 2.84. The van der Waals surface area contributed by atoms with E-state index < -0.39 is 0 Å². The van der Waals surface area contributed by atoms with Crippen LogP contribution in [-0.2, 0) is 11.2 Å². The molecule has 20 heavy (non-hydrogen) atoms. The first kappa shape index (κ1) is 12.4. The molecule has 4 heteroatoms. The second kappa shape index (κ2) is 4.59. The monoisotopic (exact) mass is 288 g/mol. The quantitative estimate of drug-likeness (QED) is 0.722. The summed E-state index contributed by atoms with van der Waals surface area (Å²) in [6, 6.07) is 6.21. The Morgan fingerprint density at radius 2 is 2.25 bits per heavy atom. The zero-order valence-electron chi connectivity index (χ0n) is 11.3. The van der Waals surface area contributed by atoms with Gasteiger partial charge in [0.25, 0.3) is 0 Å². The van der Waals surface area contributed by atoms with Gasteiger partial charge in [-0.25, -0.2) is 0 Å². The minimum Gasteiger partial charge on any atom is -0.334 e. The summed E-state index contributed by atoms with van der Waals surface area (Å²) in [5.41, 5.74) is 3.57. The molecule has 2 unspecified atom stereocenters. The van der Waals surface area contributed by atoms with Gasteiger partial charge in [0.2, 0.25) is 5.91 Å². The number of benzene rings is 1. The highest BCUT2D eigenvalue weighted by molar-refractivity contribution is 6.31. The third kappa shape index (κ3) is 1.72. The van der Waals surface area contributed by atoms with Crippen molar-refractivity contribution in [2.75, 3.05) is 13.1 Å². The topological polar surface area (TPSA) is 32.7 Å². The number of rotatable bonds is 0. The standard InChI is InChI=1S/C16H17ClN2O/c17-13-5-1-3-11-10(13)6-8-19-15(11)9-14-12(16(19)20)4-2-7-18-14/h1,3,5,12,15H,2,4,6-9H2. The summed E-state index contributed by atoms with van der Waals surface area (Å²) >= 11 is 6.31. The maximum Gasteiger partial charge on any atom is 0.231 e. The van der Waals surface area contributed by atoms with E-state index in [1.165, 1.54) is 11.1 Å². The molecule has 3 nitrogen and oxygen atoms in total. The first-order chi connectivity index (χ1) is 9.75. The average molecular weight is 289 g/mol. The van der Waals surface area contributed by atoms with Crippen molar-refractivity contribution in [1.82, 2.24) is 4.90 Å². The molecule has 1 aromatic carbocycles. The minimum absolute atomic E-state index is 0.0562. The molecule has 3 heterocycles. The maximum absolute atomic E-state index is 12.7. The van der Waals surface area contributed by atoms with Gasteiger partial charge in [0.05, 0.1) is 12.0 Å². The predicted molar refractivity (Wildman–Crippen MR) is 79.3 cm³/mol. The molecule has 0 aromatic heterocycles. The fourth-order valence-corrected chi connectivity index (χ4v) is 4.13. The van der Waals surface area contributed by atoms with Crippen LogP contribution in [0.3, 0.4) is 0 Å². The molecule has 0 spiro atoms. The summed E-state index contributed by atoms with van der Waals surface area (Å²) in [5, 5.41) is 0.835. The second-order valence-corrected chi connectivity index (χ2v) is 6.28. The fourth-order valence-electron chi connectivity index (χ4n) is 3.86. The van der Waals surface area contributed by atoms with E-state index in [0.717, 1.165) is 49.5 Å². The summed E-state index contributed by atoms with van der Waals surface area (Å²) in [6.45, 7) is 1.68. The van der Waals surface area contributed by atoms with Gasteiger partial charge in [-0.1, -0.05) is 23.7 Å². The lowest BCUT2D eigenvalue weighted by Crippen LogP contribution is -2.51. The molecular formula is C16H17ClN2O. The number of fused-ring (bicyclic) bond motifs is 4. The lowest BCUT2D eigenvalue weighted by Gasteiger charge is -2.45. The highest BCUT2D eigenvalue weighted by Gasteiger charge is 2.42. The molecule has 2 atom stereocenters. The number of carbonyl (C=O) groups excluding carboxylic acids is 1. The molecule has 104 valence electrons. The Morgan fingerprint density at radius 1 is 1.35 bits per heavy atom. The Morgan fingerprint density at radius 3 is 3.15 bits per heavy atom. The van der Waals surface area contributed by atoms with Crippen molar-refractivity contribution in [2.24, 2.45) is 10.9 Å². The van der Waals surface area contributed by atoms with Gasteiger partial charge in [0, 0.05) is 30.2 Å². The highest BCUT2D eigenvalue weighted by atomic mass is 35.5. The van der Waals surface area contributed by atoms with Crippen LogP contribution in [0.2, 0.25) is 5.02 Å². The van der Waals surface area contributed by atoms with Gasteiger partial charge in [-0.05, 0) is 36.5 Å². The largest absolute Gasteiger partial charge is 0.334 e. The van der Waals surface area contributed by atoms with Crippen LogP contribution in [0.4, 0.5) is 0 Å². The van der Waals surface area contributed by atoms with Crippen molar-refractivity contribution in [1.29, 1.82) is 0 Å². The normalized spacial score (nSPS) is 28.4. The van der Waals surface area contributed by atoms with Gasteiger partial charge >= 0.3 is 0 Å². The van der Waals surface area contributed by atoms with Gasteiger partial charge < -0.3 is 4.90 Å². The van der Waals surface area contributed by atoms with E-state index >= 15 is 0 Å². The van der Waals surface area contributed by atoms with Crippen LogP contribution in [0.25, 0.3) is 0 Å². The molecular weight excluding hydrogens is 272 g/mol. The minimum atomic E-state index is 0.0562. The number of carbonyl (C=O) groups is 1. The molecule has 1 aromatic rings. The molecule has 0 aliphatic carbocycles. The Hall–Kier alpha value is -1.35. The van der Waals surface area contributed by atoms with Crippen molar-refractivity contribution in [3.05, 3.63) is 34.3 Å². The average Bonchev–Trinajstić information content (AvgIpc) is 2.48. The van der Waals surface area contributed by atoms with Crippen LogP contribution in [0.5, 0.6) is 0 Å². The lowest BCUT2D eigenvalue weighted by molar-refractivity contribution is -0.138. The summed E-state index contributed by atoms with van der Waals surface area (Å²) in [6.07, 6.45) is 3.78. The number of hydrogen-bond donors (Lipinski definition) is 0. The molecule has 0 saturated carbocycles. The Labute approximate surface area is 123 Å². The molecule has 3 aliphatic heterocycles. The number of nitrogens with zero attached hydrogens (tertiary/aromatic N) is 2. The van der Waals surface area contributed by atoms with Crippen molar-refractivity contribution < 1.29 is 4.79 Å². The first-order valence-electron chi connectivity index (χ1n) is 7.36. The first-order valence-corrected chi connectivity index (χ1v) is 7.74. The van der Waals surface area contributed by atoms with Gasteiger partial charge in [-0.3, -0.25) is 9.79 Å². The van der Waals surface area contributed by atoms with E-state index in [9.17, 15) is 4.79 Å². The van der Waals surface area contributed by atoms with Gasteiger partial charge in [0.15, 0.2) is 0 Å². The Balaban J connectivity index is 1.78. The van der Waals surface area contributed by atoms with E-state index in [0.29, 0.717) is 0 Å². The molecule has 0 N–H and O–H groups in total. The van der Waals surface area contributed by atoms with Gasteiger partial charge in [0.1, 0.15) is 0 Å². The Bertz CT molecular complexity index is 610. The van der Waals surface area contributed by atoms with Gasteiger partial charge in [-0.2, -0.15) is 0 Å². The smallest absolute Gasteiger partial charge is 0.231 e. The van der Waals surface area contributed by atoms with Crippen molar-refractivity contribution in [3.63, 3.8) is 0 Å². The lowest BCUT2D eigenvalue weighted by atomic mass is 9.79. The van der Waals surface area contributed by atoms with Crippen LogP contribution >= 0.6 is 11.6 Å². The van der Waals surface area contributed by atoms with Crippen molar-refractivity contribution in [3.8, 4) is 0 Å². The molecule has 1 fully saturated rings. The summed E-state index contributed by atoms with van der Waals surface area (Å²) in [4.78, 5) is 19.4. The van der Waals surface area contributed by atoms with Gasteiger partial charge in [-0.15, -0.1) is 0 Å². The number of halogens is 1. The molecule has 3 aliphatic rings. The zero-order valence-corrected chi connectivity index (χ0v) is 12.1. The maximum atomic E-state index is 12.7. The van der Waals surface area contributed by atoms with Crippen molar-refractivity contribution in [2.45, 2.75) is 31.7 Å². The van der Waals surface area contributed by atoms with Crippen LogP contribution in [0.15, 0.2) is 23.2 Å². The third-order valence-corrected chi connectivity index (χ3v) is 5.20. The SMILES string of the molecule is O=C1C2CCCN=C2CC2c3cccc(Cl)c3CCN12. The van der Waals surface area contributed by atoms with E-state index in [1.807, 2.05) is 12.1 Å². The highest BCUT2D eigenvalue weighted by Crippen LogP contribution is 2.41. The van der Waals surface area contributed by atoms with E-state index in [-0.39, 0.29) is 17.9 Å². The van der Waals surface area contributed by atoms with Crippen molar-refractivity contribution >= 4 is 23.2 Å². The predicted octanol–water partition coefficient (Wildman–Crippen LogP) is 3.02. The van der Waals surface area contributed by atoms with Crippen LogP contribution in [0.1, 0.15) is 36.4 Å². The number of hydrogen-bond acceptors (Lipinski definition) is 2.